The summed E-state index contributed by atoms with van der Waals surface area (Å²) in [6, 6.07) is 5.77. The predicted octanol–water partition coefficient (Wildman–Crippen LogP) is 3.75. The van der Waals surface area contributed by atoms with Crippen molar-refractivity contribution in [3.8, 4) is 0 Å². The monoisotopic (exact) mass is 306 g/mol. The third kappa shape index (κ3) is 5.05. The number of nitrogens with one attached hydrogen (secondary N) is 1. The zero-order chi connectivity index (χ0) is 15.4. The van der Waals surface area contributed by atoms with Crippen LogP contribution in [-0.2, 0) is 4.79 Å². The number of nitrogens with two attached hydrogens (primary N) is 1. The van der Waals surface area contributed by atoms with Gasteiger partial charge in [-0.25, -0.2) is 0 Å². The van der Waals surface area contributed by atoms with Crippen LogP contribution in [0.1, 0.15) is 26.7 Å². The van der Waals surface area contributed by atoms with E-state index < -0.39 is 17.0 Å². The Morgan fingerprint density at radius 1 is 1.35 bits per heavy atom. The van der Waals surface area contributed by atoms with E-state index in [0.29, 0.717) is 12.8 Å². The minimum atomic E-state index is -4.41. The molecule has 3 N–H and O–H groups in total. The Labute approximate surface area is 120 Å². The summed E-state index contributed by atoms with van der Waals surface area (Å²) in [5, 5.41) is 2.47. The van der Waals surface area contributed by atoms with E-state index in [4.69, 9.17) is 5.73 Å². The maximum atomic E-state index is 12.4. The minimum Gasteiger partial charge on any atom is -0.323 e. The summed E-state index contributed by atoms with van der Waals surface area (Å²) in [6.07, 6.45) is 1.16. The second kappa shape index (κ2) is 6.49. The molecule has 112 valence electrons. The first-order valence-corrected chi connectivity index (χ1v) is 6.92. The van der Waals surface area contributed by atoms with Gasteiger partial charge in [-0.2, -0.15) is 13.2 Å². The van der Waals surface area contributed by atoms with Crippen LogP contribution < -0.4 is 11.1 Å². The van der Waals surface area contributed by atoms with Crippen molar-refractivity contribution in [1.82, 2.24) is 0 Å². The van der Waals surface area contributed by atoms with E-state index >= 15 is 0 Å². The second-order valence-corrected chi connectivity index (χ2v) is 5.77. The Bertz CT molecular complexity index is 475. The number of amides is 1. The van der Waals surface area contributed by atoms with Crippen molar-refractivity contribution in [2.75, 3.05) is 5.32 Å². The zero-order valence-corrected chi connectivity index (χ0v) is 12.1. The molecule has 0 heterocycles. The topological polar surface area (TPSA) is 55.1 Å². The van der Waals surface area contributed by atoms with Crippen LogP contribution in [0.3, 0.4) is 0 Å². The molecule has 20 heavy (non-hydrogen) atoms. The van der Waals surface area contributed by atoms with Crippen LogP contribution >= 0.6 is 11.8 Å². The molecule has 0 fully saturated rings. The number of thioether (sulfide) groups is 1. The summed E-state index contributed by atoms with van der Waals surface area (Å²) in [7, 11) is 0. The van der Waals surface area contributed by atoms with E-state index in [1.807, 2.05) is 6.92 Å². The maximum Gasteiger partial charge on any atom is 0.446 e. The molecule has 0 aliphatic rings. The molecular weight excluding hydrogens is 289 g/mol. The van der Waals surface area contributed by atoms with Crippen molar-refractivity contribution >= 4 is 23.4 Å². The molecule has 0 aromatic heterocycles. The van der Waals surface area contributed by atoms with E-state index in [1.165, 1.54) is 18.2 Å². The highest BCUT2D eigenvalue weighted by Gasteiger charge is 2.32. The molecular formula is C13H17F3N2OS. The van der Waals surface area contributed by atoms with Crippen LogP contribution in [0.15, 0.2) is 29.2 Å². The van der Waals surface area contributed by atoms with Crippen LogP contribution in [0.25, 0.3) is 0 Å². The number of anilines is 1. The summed E-state index contributed by atoms with van der Waals surface area (Å²) < 4.78 is 37.3. The fourth-order valence-corrected chi connectivity index (χ4v) is 2.31. The van der Waals surface area contributed by atoms with Crippen LogP contribution in [0.4, 0.5) is 18.9 Å². The van der Waals surface area contributed by atoms with E-state index in [9.17, 15) is 18.0 Å². The molecule has 3 nitrogen and oxygen atoms in total. The summed E-state index contributed by atoms with van der Waals surface area (Å²) in [4.78, 5) is 12.0. The van der Waals surface area contributed by atoms with Gasteiger partial charge in [0.1, 0.15) is 0 Å². The summed E-state index contributed by atoms with van der Waals surface area (Å²) in [6.45, 7) is 3.44. The number of rotatable bonds is 5. The number of para-hydroxylation sites is 1. The molecule has 0 spiro atoms. The fourth-order valence-electron chi connectivity index (χ4n) is 1.68. The number of carbonyl (C=O) groups excluding carboxylic acids is 1. The van der Waals surface area contributed by atoms with Crippen molar-refractivity contribution < 1.29 is 18.0 Å². The predicted molar refractivity (Wildman–Crippen MR) is 74.5 cm³/mol. The van der Waals surface area contributed by atoms with Crippen molar-refractivity contribution in [3.05, 3.63) is 24.3 Å². The normalized spacial score (nSPS) is 14.7. The Kier molecular flexibility index (Phi) is 5.47. The maximum absolute atomic E-state index is 12.4. The lowest BCUT2D eigenvalue weighted by Crippen LogP contribution is -2.48. The number of alkyl halides is 3. The molecule has 0 aliphatic heterocycles. The van der Waals surface area contributed by atoms with Gasteiger partial charge in [-0.3, -0.25) is 4.79 Å². The van der Waals surface area contributed by atoms with Gasteiger partial charge >= 0.3 is 5.51 Å². The van der Waals surface area contributed by atoms with Crippen LogP contribution in [0.2, 0.25) is 0 Å². The van der Waals surface area contributed by atoms with Crippen molar-refractivity contribution in [3.63, 3.8) is 0 Å². The fraction of sp³-hybridized carbons (Fsp3) is 0.462. The van der Waals surface area contributed by atoms with Gasteiger partial charge in [0.25, 0.3) is 0 Å². The van der Waals surface area contributed by atoms with Gasteiger partial charge in [0, 0.05) is 4.90 Å². The van der Waals surface area contributed by atoms with Gasteiger partial charge in [-0.05, 0) is 37.2 Å². The van der Waals surface area contributed by atoms with E-state index in [2.05, 4.69) is 5.32 Å². The first-order valence-electron chi connectivity index (χ1n) is 6.11. The van der Waals surface area contributed by atoms with Crippen LogP contribution in [0, 0.1) is 0 Å². The number of benzene rings is 1. The molecule has 1 aromatic carbocycles. The van der Waals surface area contributed by atoms with Crippen LogP contribution in [-0.4, -0.2) is 17.0 Å². The molecule has 1 amide bonds. The van der Waals surface area contributed by atoms with E-state index in [-0.39, 0.29) is 22.3 Å². The van der Waals surface area contributed by atoms with Gasteiger partial charge in [0.15, 0.2) is 0 Å². The number of hydrogen-bond donors (Lipinski definition) is 2. The quantitative estimate of drug-likeness (QED) is 0.815. The standard InChI is InChI=1S/C13H17F3N2OS/c1-3-8-12(2,17)11(19)18-9-6-4-5-7-10(9)20-13(14,15)16/h4-7H,3,8,17H2,1-2H3,(H,18,19). The lowest BCUT2D eigenvalue weighted by Gasteiger charge is -2.23. The average molecular weight is 306 g/mol. The minimum absolute atomic E-state index is 0.0550. The van der Waals surface area contributed by atoms with Gasteiger partial charge in [-0.15, -0.1) is 0 Å². The summed E-state index contributed by atoms with van der Waals surface area (Å²) in [5.74, 6) is -0.491. The zero-order valence-electron chi connectivity index (χ0n) is 11.3. The Balaban J connectivity index is 2.90. The highest BCUT2D eigenvalue weighted by molar-refractivity contribution is 8.00. The lowest BCUT2D eigenvalue weighted by molar-refractivity contribution is -0.120. The highest BCUT2D eigenvalue weighted by atomic mass is 32.2. The van der Waals surface area contributed by atoms with Gasteiger partial charge < -0.3 is 11.1 Å². The van der Waals surface area contributed by atoms with E-state index in [0.717, 1.165) is 0 Å². The first-order chi connectivity index (χ1) is 9.15. The molecule has 1 unspecified atom stereocenters. The highest BCUT2D eigenvalue weighted by Crippen LogP contribution is 2.40. The number of halogens is 3. The first kappa shape index (κ1) is 16.8. The van der Waals surface area contributed by atoms with Crippen LogP contribution in [0.5, 0.6) is 0 Å². The Hall–Kier alpha value is -1.21. The molecule has 0 saturated carbocycles. The molecule has 7 heteroatoms. The number of carbonyl (C=O) groups is 1. The Morgan fingerprint density at radius 2 is 1.95 bits per heavy atom. The SMILES string of the molecule is CCCC(C)(N)C(=O)Nc1ccccc1SC(F)(F)F. The molecule has 0 saturated heterocycles. The van der Waals surface area contributed by atoms with Crippen molar-refractivity contribution in [2.24, 2.45) is 5.73 Å². The van der Waals surface area contributed by atoms with Gasteiger partial charge in [0.2, 0.25) is 5.91 Å². The largest absolute Gasteiger partial charge is 0.446 e. The second-order valence-electron chi connectivity index (χ2n) is 4.67. The summed E-state index contributed by atoms with van der Waals surface area (Å²) >= 11 is -0.262. The van der Waals surface area contributed by atoms with Gasteiger partial charge in [0.05, 0.1) is 11.2 Å². The lowest BCUT2D eigenvalue weighted by atomic mass is 9.96. The third-order valence-corrected chi connectivity index (χ3v) is 3.46. The Morgan fingerprint density at radius 3 is 2.50 bits per heavy atom. The molecule has 1 atom stereocenters. The third-order valence-electron chi connectivity index (χ3n) is 2.65. The smallest absolute Gasteiger partial charge is 0.323 e. The molecule has 1 rings (SSSR count). The molecule has 1 aromatic rings. The van der Waals surface area contributed by atoms with E-state index in [1.54, 1.807) is 13.0 Å². The molecule has 0 bridgehead atoms. The van der Waals surface area contributed by atoms with Crippen molar-refractivity contribution in [2.45, 2.75) is 42.6 Å². The average Bonchev–Trinajstić information content (AvgIpc) is 2.29. The summed E-state index contributed by atoms with van der Waals surface area (Å²) in [5.41, 5.74) is 0.460. The molecule has 0 aliphatic carbocycles. The van der Waals surface area contributed by atoms with Crippen molar-refractivity contribution in [1.29, 1.82) is 0 Å². The molecule has 0 radical (unpaired) electrons. The number of hydrogen-bond acceptors (Lipinski definition) is 3. The van der Waals surface area contributed by atoms with Gasteiger partial charge in [-0.1, -0.05) is 25.5 Å².